The molecule has 2 aliphatic heterocycles. The number of nitrogens with one attached hydrogen (secondary N) is 3. The highest BCUT2D eigenvalue weighted by Gasteiger charge is 2.47. The number of para-hydroxylation sites is 1. The number of hydrogen-bond donors (Lipinski definition) is 7. The molecule has 1 aromatic carbocycles. The molecule has 1 aromatic heterocycles. The first kappa shape index (κ1) is 48.7. The van der Waals surface area contributed by atoms with Crippen molar-refractivity contribution in [3.63, 3.8) is 0 Å². The van der Waals surface area contributed by atoms with E-state index in [-0.39, 0.29) is 101 Å². The first-order chi connectivity index (χ1) is 29.4. The van der Waals surface area contributed by atoms with E-state index in [0.717, 1.165) is 4.90 Å². The van der Waals surface area contributed by atoms with Gasteiger partial charge in [0.1, 0.15) is 6.04 Å². The fraction of sp³-hybridized carbons (Fsp3) is 0.564. The standard InChI is InChI=1S/C39H53F2N11O10/c40-39(41)18-26(19-42)52(25-39)32(54)20-46-37(61)28-7-9-45-36-27(28)4-3-6-30(36)47-38(62)29(43)5-1-2-8-44-31(53)21-48-10-12-49(22-33(55)56)14-16-51(24-35(59)60)17-15-50(13-11-48)23-34(57)58/h3-4,6-7,9,26,29H,1-2,5,8,10-18,20-25,43H2,(H,44,53)(H,46,61)(H,47,62)(H,55,56)(H,57,58)(H,59,60)/t26-,29-/m0/s1. The van der Waals surface area contributed by atoms with E-state index in [9.17, 15) is 62.9 Å². The molecule has 8 N–H and O–H groups in total. The van der Waals surface area contributed by atoms with Crippen LogP contribution in [0.1, 0.15) is 36.0 Å². The number of unbranched alkanes of at least 4 members (excludes halogenated alkanes) is 1. The Bertz CT molecular complexity index is 1950. The van der Waals surface area contributed by atoms with E-state index < -0.39 is 73.1 Å². The van der Waals surface area contributed by atoms with E-state index in [2.05, 4.69) is 20.9 Å². The number of carboxylic acid groups (broad SMARTS) is 3. The van der Waals surface area contributed by atoms with E-state index in [4.69, 9.17) is 5.73 Å². The van der Waals surface area contributed by atoms with Crippen molar-refractivity contribution in [2.24, 2.45) is 5.73 Å². The zero-order chi connectivity index (χ0) is 45.4. The summed E-state index contributed by atoms with van der Waals surface area (Å²) in [6.07, 6.45) is 1.75. The summed E-state index contributed by atoms with van der Waals surface area (Å²) in [7, 11) is 0. The fourth-order valence-electron chi connectivity index (χ4n) is 7.14. The van der Waals surface area contributed by atoms with Crippen LogP contribution in [0.4, 0.5) is 14.5 Å². The minimum Gasteiger partial charge on any atom is -0.480 e. The molecule has 0 spiro atoms. The van der Waals surface area contributed by atoms with Crippen LogP contribution in [0.2, 0.25) is 0 Å². The molecule has 0 unspecified atom stereocenters. The van der Waals surface area contributed by atoms with Gasteiger partial charge in [0, 0.05) is 76.9 Å². The van der Waals surface area contributed by atoms with Crippen molar-refractivity contribution in [2.45, 2.75) is 43.7 Å². The Hall–Kier alpha value is -5.93. The van der Waals surface area contributed by atoms with Crippen molar-refractivity contribution in [2.75, 3.05) is 103 Å². The lowest BCUT2D eigenvalue weighted by Crippen LogP contribution is -2.49. The van der Waals surface area contributed by atoms with Gasteiger partial charge in [-0.15, -0.1) is 0 Å². The number of carbonyl (C=O) groups is 7. The number of aromatic nitrogens is 1. The summed E-state index contributed by atoms with van der Waals surface area (Å²) in [4.78, 5) is 98.1. The molecule has 2 aromatic rings. The van der Waals surface area contributed by atoms with Crippen molar-refractivity contribution in [1.29, 1.82) is 5.26 Å². The van der Waals surface area contributed by atoms with Crippen LogP contribution in [0.15, 0.2) is 30.5 Å². The fourth-order valence-corrected chi connectivity index (χ4v) is 7.14. The Balaban J connectivity index is 1.25. The number of pyridine rings is 1. The maximum atomic E-state index is 13.8. The van der Waals surface area contributed by atoms with Crippen LogP contribution >= 0.6 is 0 Å². The summed E-state index contributed by atoms with van der Waals surface area (Å²) >= 11 is 0. The van der Waals surface area contributed by atoms with Crippen molar-refractivity contribution < 1.29 is 57.7 Å². The van der Waals surface area contributed by atoms with E-state index in [1.807, 2.05) is 0 Å². The molecular formula is C39H53F2N11O10. The lowest BCUT2D eigenvalue weighted by Gasteiger charge is -2.32. The number of rotatable bonds is 18. The molecule has 0 saturated carbocycles. The molecule has 2 atom stereocenters. The number of nitrogens with zero attached hydrogens (tertiary/aromatic N) is 7. The van der Waals surface area contributed by atoms with Gasteiger partial charge in [-0.2, -0.15) is 5.26 Å². The number of anilines is 1. The molecule has 2 fully saturated rings. The average molecular weight is 874 g/mol. The molecule has 23 heteroatoms. The monoisotopic (exact) mass is 873 g/mol. The number of benzene rings is 1. The third-order valence-corrected chi connectivity index (χ3v) is 10.4. The first-order valence-electron chi connectivity index (χ1n) is 20.1. The van der Waals surface area contributed by atoms with Crippen molar-refractivity contribution in [3.05, 3.63) is 36.0 Å². The van der Waals surface area contributed by atoms with Gasteiger partial charge in [0.05, 0.1) is 68.1 Å². The van der Waals surface area contributed by atoms with Gasteiger partial charge in [-0.05, 0) is 31.4 Å². The molecule has 2 saturated heterocycles. The van der Waals surface area contributed by atoms with Crippen LogP contribution in [0.3, 0.4) is 0 Å². The molecule has 0 radical (unpaired) electrons. The van der Waals surface area contributed by atoms with Crippen LogP contribution in [0, 0.1) is 11.3 Å². The summed E-state index contributed by atoms with van der Waals surface area (Å²) in [5.74, 6) is -8.74. The van der Waals surface area contributed by atoms with Crippen LogP contribution in [0.25, 0.3) is 10.9 Å². The SMILES string of the molecule is N#C[C@@H]1CC(F)(F)CN1C(=O)CNC(=O)c1ccnc2c(NC(=O)[C@@H](N)CCCCNC(=O)CN3CCN(CC(=O)O)CCN(CC(=O)O)CCN(CC(=O)O)CC3)cccc12. The van der Waals surface area contributed by atoms with Crippen molar-refractivity contribution in [1.82, 2.24) is 40.1 Å². The number of halogens is 2. The second-order valence-electron chi connectivity index (χ2n) is 15.2. The number of fused-ring (bicyclic) bond motifs is 1. The highest BCUT2D eigenvalue weighted by Crippen LogP contribution is 2.31. The Morgan fingerprint density at radius 2 is 1.37 bits per heavy atom. The molecular weight excluding hydrogens is 820 g/mol. The smallest absolute Gasteiger partial charge is 0.317 e. The number of carboxylic acids is 3. The number of likely N-dealkylation sites (tertiary alicyclic amines) is 1. The summed E-state index contributed by atoms with van der Waals surface area (Å²) in [6, 6.07) is 5.55. The summed E-state index contributed by atoms with van der Waals surface area (Å²) in [5, 5.41) is 45.7. The molecule has 2 aliphatic rings. The van der Waals surface area contributed by atoms with E-state index in [1.165, 1.54) is 12.3 Å². The highest BCUT2D eigenvalue weighted by molar-refractivity contribution is 6.11. The minimum absolute atomic E-state index is 0.0433. The van der Waals surface area contributed by atoms with Crippen LogP contribution in [-0.2, 0) is 28.8 Å². The van der Waals surface area contributed by atoms with Crippen LogP contribution < -0.4 is 21.7 Å². The number of aliphatic carboxylic acids is 3. The van der Waals surface area contributed by atoms with Gasteiger partial charge >= 0.3 is 17.9 Å². The van der Waals surface area contributed by atoms with Crippen LogP contribution in [-0.4, -0.2) is 203 Å². The van der Waals surface area contributed by atoms with Gasteiger partial charge in [-0.25, -0.2) is 8.78 Å². The summed E-state index contributed by atoms with van der Waals surface area (Å²) in [6.45, 7) is -0.0183. The highest BCUT2D eigenvalue weighted by atomic mass is 19.3. The molecule has 62 heavy (non-hydrogen) atoms. The zero-order valence-electron chi connectivity index (χ0n) is 34.1. The number of nitrogens with two attached hydrogens (primary N) is 1. The number of amides is 4. The second-order valence-corrected chi connectivity index (χ2v) is 15.2. The second kappa shape index (κ2) is 23.3. The lowest BCUT2D eigenvalue weighted by atomic mass is 10.1. The molecule has 338 valence electrons. The van der Waals surface area contributed by atoms with E-state index in [0.29, 0.717) is 31.3 Å². The summed E-state index contributed by atoms with van der Waals surface area (Å²) in [5.41, 5.74) is 6.80. The van der Waals surface area contributed by atoms with Gasteiger partial charge in [-0.3, -0.25) is 58.1 Å². The Morgan fingerprint density at radius 1 is 0.823 bits per heavy atom. The summed E-state index contributed by atoms with van der Waals surface area (Å²) < 4.78 is 27.6. The third-order valence-electron chi connectivity index (χ3n) is 10.4. The predicted octanol–water partition coefficient (Wildman–Crippen LogP) is -1.25. The number of carbonyl (C=O) groups excluding carboxylic acids is 4. The van der Waals surface area contributed by atoms with E-state index >= 15 is 0 Å². The van der Waals surface area contributed by atoms with Gasteiger partial charge in [-0.1, -0.05) is 12.1 Å². The quantitative estimate of drug-likeness (QED) is 0.0862. The molecule has 4 rings (SSSR count). The molecule has 21 nitrogen and oxygen atoms in total. The Labute approximate surface area is 355 Å². The number of hydrogen-bond acceptors (Lipinski definition) is 14. The first-order valence-corrected chi connectivity index (χ1v) is 20.1. The number of nitriles is 1. The topological polar surface area (TPSA) is 295 Å². The average Bonchev–Trinajstić information content (AvgIpc) is 3.54. The maximum Gasteiger partial charge on any atom is 0.317 e. The molecule has 0 aliphatic carbocycles. The van der Waals surface area contributed by atoms with Crippen LogP contribution in [0.5, 0.6) is 0 Å². The zero-order valence-corrected chi connectivity index (χ0v) is 34.1. The van der Waals surface area contributed by atoms with Gasteiger partial charge in [0.25, 0.3) is 11.8 Å². The molecule has 4 amide bonds. The van der Waals surface area contributed by atoms with Gasteiger partial charge in [0.15, 0.2) is 0 Å². The van der Waals surface area contributed by atoms with E-state index in [1.54, 1.807) is 43.9 Å². The lowest BCUT2D eigenvalue weighted by molar-refractivity contribution is -0.140. The molecule has 3 heterocycles. The largest absolute Gasteiger partial charge is 0.480 e. The number of alkyl halides is 2. The predicted molar refractivity (Wildman–Crippen MR) is 217 cm³/mol. The Morgan fingerprint density at radius 3 is 1.90 bits per heavy atom. The third kappa shape index (κ3) is 15.5. The van der Waals surface area contributed by atoms with Gasteiger partial charge in [0.2, 0.25) is 17.7 Å². The normalized spacial score (nSPS) is 18.7. The van der Waals surface area contributed by atoms with Crippen molar-refractivity contribution in [3.8, 4) is 6.07 Å². The van der Waals surface area contributed by atoms with Crippen molar-refractivity contribution >= 4 is 58.1 Å². The molecule has 0 bridgehead atoms. The minimum atomic E-state index is -3.20. The maximum absolute atomic E-state index is 13.8. The Kier molecular flexibility index (Phi) is 18.3. The van der Waals surface area contributed by atoms with Gasteiger partial charge < -0.3 is 41.9 Å².